The molecule has 5 rings (SSSR count). The van der Waals surface area contributed by atoms with Crippen molar-refractivity contribution in [1.82, 2.24) is 13.9 Å². The first-order valence-electron chi connectivity index (χ1n) is 9.64. The summed E-state index contributed by atoms with van der Waals surface area (Å²) < 4.78 is 28.0. The third-order valence-electron chi connectivity index (χ3n) is 6.16. The molecule has 0 aliphatic carbocycles. The van der Waals surface area contributed by atoms with Crippen molar-refractivity contribution in [3.8, 4) is 0 Å². The van der Waals surface area contributed by atoms with E-state index in [2.05, 4.69) is 9.88 Å². The van der Waals surface area contributed by atoms with E-state index in [1.165, 1.54) is 23.4 Å². The van der Waals surface area contributed by atoms with E-state index in [-0.39, 0.29) is 0 Å². The molecule has 2 unspecified atom stereocenters. The summed E-state index contributed by atoms with van der Waals surface area (Å²) in [4.78, 5) is 7.19. The molecule has 2 aliphatic heterocycles. The Bertz CT molecular complexity index is 1080. The second-order valence-electron chi connectivity index (χ2n) is 7.64. The van der Waals surface area contributed by atoms with Gasteiger partial charge in [-0.05, 0) is 68.5 Å². The minimum absolute atomic E-state index is 0.316. The standard InChI is InChI=1S/C21H23N3O2S/c25-27(26,18-6-2-1-3-7-18)24-15-20(19-14-22-10-8-21(19)24)16-9-12-23-11-4-5-17(23)13-16/h1-3,6-8,10,14-17H,4-5,9,11-13H2. The van der Waals surface area contributed by atoms with Crippen LogP contribution in [0.2, 0.25) is 0 Å². The summed E-state index contributed by atoms with van der Waals surface area (Å²) in [6.07, 6.45) is 10.1. The molecule has 1 aromatic carbocycles. The lowest BCUT2D eigenvalue weighted by molar-refractivity contribution is 0.181. The van der Waals surface area contributed by atoms with Crippen molar-refractivity contribution in [3.63, 3.8) is 0 Å². The number of pyridine rings is 1. The second kappa shape index (κ2) is 6.46. The SMILES string of the molecule is O=S(=O)(c1ccccc1)n1cc(C2CCN3CCCC3C2)c2cnccc21. The number of aromatic nitrogens is 2. The highest BCUT2D eigenvalue weighted by Gasteiger charge is 2.34. The molecule has 0 N–H and O–H groups in total. The first kappa shape index (κ1) is 17.0. The summed E-state index contributed by atoms with van der Waals surface area (Å²) in [5.74, 6) is 0.392. The molecule has 2 fully saturated rings. The van der Waals surface area contributed by atoms with Crippen LogP contribution < -0.4 is 0 Å². The summed E-state index contributed by atoms with van der Waals surface area (Å²) in [6.45, 7) is 2.32. The third kappa shape index (κ3) is 2.78. The normalized spacial score (nSPS) is 23.6. The van der Waals surface area contributed by atoms with Gasteiger partial charge in [0.25, 0.3) is 10.0 Å². The van der Waals surface area contributed by atoms with E-state index in [1.807, 2.05) is 24.5 Å². The van der Waals surface area contributed by atoms with Gasteiger partial charge in [-0.3, -0.25) is 4.98 Å². The van der Waals surface area contributed by atoms with Crippen LogP contribution in [-0.2, 0) is 10.0 Å². The highest BCUT2D eigenvalue weighted by Crippen LogP contribution is 2.40. The lowest BCUT2D eigenvalue weighted by Crippen LogP contribution is -2.37. The molecule has 0 saturated carbocycles. The number of hydrogen-bond acceptors (Lipinski definition) is 4. The predicted molar refractivity (Wildman–Crippen MR) is 105 cm³/mol. The zero-order chi connectivity index (χ0) is 18.4. The molecule has 6 heteroatoms. The molecule has 4 heterocycles. The lowest BCUT2D eigenvalue weighted by atomic mass is 9.85. The van der Waals surface area contributed by atoms with E-state index in [9.17, 15) is 8.42 Å². The van der Waals surface area contributed by atoms with Crippen molar-refractivity contribution in [2.75, 3.05) is 13.1 Å². The largest absolute Gasteiger partial charge is 0.300 e. The van der Waals surface area contributed by atoms with Crippen molar-refractivity contribution in [2.45, 2.75) is 42.5 Å². The molecule has 140 valence electrons. The molecule has 0 amide bonds. The van der Waals surface area contributed by atoms with Crippen LogP contribution in [0.1, 0.15) is 37.2 Å². The number of nitrogens with zero attached hydrogens (tertiary/aromatic N) is 3. The van der Waals surface area contributed by atoms with E-state index in [4.69, 9.17) is 0 Å². The number of hydrogen-bond donors (Lipinski definition) is 0. The first-order chi connectivity index (χ1) is 13.1. The number of fused-ring (bicyclic) bond motifs is 2. The minimum Gasteiger partial charge on any atom is -0.300 e. The quantitative estimate of drug-likeness (QED) is 0.695. The fraction of sp³-hybridized carbons (Fsp3) is 0.381. The van der Waals surface area contributed by atoms with Crippen LogP contribution in [0.15, 0.2) is 59.9 Å². The van der Waals surface area contributed by atoms with E-state index >= 15 is 0 Å². The topological polar surface area (TPSA) is 55.2 Å². The third-order valence-corrected chi connectivity index (χ3v) is 7.85. The maximum atomic E-state index is 13.3. The average molecular weight is 382 g/mol. The van der Waals surface area contributed by atoms with Gasteiger partial charge < -0.3 is 4.90 Å². The Balaban J connectivity index is 1.61. The van der Waals surface area contributed by atoms with Crippen LogP contribution in [0.25, 0.3) is 10.9 Å². The van der Waals surface area contributed by atoms with Crippen molar-refractivity contribution in [1.29, 1.82) is 0 Å². The fourth-order valence-corrected chi connectivity index (χ4v) is 6.20. The zero-order valence-corrected chi connectivity index (χ0v) is 16.0. The van der Waals surface area contributed by atoms with E-state index in [1.54, 1.807) is 30.5 Å². The Morgan fingerprint density at radius 2 is 1.89 bits per heavy atom. The predicted octanol–water partition coefficient (Wildman–Crippen LogP) is 3.62. The molecule has 3 aromatic rings. The van der Waals surface area contributed by atoms with E-state index in [0.29, 0.717) is 16.9 Å². The van der Waals surface area contributed by atoms with Gasteiger partial charge in [0.05, 0.1) is 10.4 Å². The van der Waals surface area contributed by atoms with Crippen molar-refractivity contribution >= 4 is 20.9 Å². The summed E-state index contributed by atoms with van der Waals surface area (Å²) in [6, 6.07) is 11.1. The average Bonchev–Trinajstić information content (AvgIpc) is 3.33. The smallest absolute Gasteiger partial charge is 0.268 e. The highest BCUT2D eigenvalue weighted by atomic mass is 32.2. The van der Waals surface area contributed by atoms with Gasteiger partial charge in [0.15, 0.2) is 0 Å². The summed E-state index contributed by atoms with van der Waals surface area (Å²) >= 11 is 0. The van der Waals surface area contributed by atoms with Gasteiger partial charge in [0.1, 0.15) is 0 Å². The monoisotopic (exact) mass is 381 g/mol. The minimum atomic E-state index is -3.62. The van der Waals surface area contributed by atoms with Gasteiger partial charge in [-0.15, -0.1) is 0 Å². The molecule has 2 saturated heterocycles. The van der Waals surface area contributed by atoms with Crippen LogP contribution >= 0.6 is 0 Å². The molecular weight excluding hydrogens is 358 g/mol. The van der Waals surface area contributed by atoms with Crippen molar-refractivity contribution in [3.05, 3.63) is 60.6 Å². The lowest BCUT2D eigenvalue weighted by Gasteiger charge is -2.34. The van der Waals surface area contributed by atoms with Crippen molar-refractivity contribution < 1.29 is 8.42 Å². The van der Waals surface area contributed by atoms with Crippen LogP contribution in [0, 0.1) is 0 Å². The Kier molecular flexibility index (Phi) is 4.06. The summed E-state index contributed by atoms with van der Waals surface area (Å²) in [7, 11) is -3.62. The molecule has 0 bridgehead atoms. The molecular formula is C21H23N3O2S. The van der Waals surface area contributed by atoms with Gasteiger partial charge in [-0.25, -0.2) is 12.4 Å². The van der Waals surface area contributed by atoms with Gasteiger partial charge in [0.2, 0.25) is 0 Å². The molecule has 2 aliphatic rings. The van der Waals surface area contributed by atoms with Crippen LogP contribution in [-0.4, -0.2) is 41.4 Å². The molecule has 2 atom stereocenters. The zero-order valence-electron chi connectivity index (χ0n) is 15.2. The van der Waals surface area contributed by atoms with E-state index < -0.39 is 10.0 Å². The Morgan fingerprint density at radius 1 is 1.04 bits per heavy atom. The van der Waals surface area contributed by atoms with Crippen LogP contribution in [0.4, 0.5) is 0 Å². The van der Waals surface area contributed by atoms with Gasteiger partial charge in [-0.2, -0.15) is 0 Å². The maximum Gasteiger partial charge on any atom is 0.268 e. The van der Waals surface area contributed by atoms with Crippen molar-refractivity contribution in [2.24, 2.45) is 0 Å². The number of benzene rings is 1. The van der Waals surface area contributed by atoms with Gasteiger partial charge in [-0.1, -0.05) is 18.2 Å². The highest BCUT2D eigenvalue weighted by molar-refractivity contribution is 7.90. The van der Waals surface area contributed by atoms with Crippen LogP contribution in [0.3, 0.4) is 0 Å². The molecule has 2 aromatic heterocycles. The summed E-state index contributed by atoms with van der Waals surface area (Å²) in [5, 5.41) is 0.966. The molecule has 5 nitrogen and oxygen atoms in total. The first-order valence-corrected chi connectivity index (χ1v) is 11.1. The maximum absolute atomic E-state index is 13.3. The Morgan fingerprint density at radius 3 is 2.74 bits per heavy atom. The Hall–Kier alpha value is -2.18. The summed E-state index contributed by atoms with van der Waals surface area (Å²) in [5.41, 5.74) is 1.85. The van der Waals surface area contributed by atoms with E-state index in [0.717, 1.165) is 35.9 Å². The van der Waals surface area contributed by atoms with Crippen LogP contribution in [0.5, 0.6) is 0 Å². The Labute approximate surface area is 159 Å². The molecule has 0 radical (unpaired) electrons. The molecule has 27 heavy (non-hydrogen) atoms. The fourth-order valence-electron chi connectivity index (χ4n) is 4.80. The second-order valence-corrected chi connectivity index (χ2v) is 9.46. The number of rotatable bonds is 3. The van der Waals surface area contributed by atoms with Gasteiger partial charge in [0, 0.05) is 30.0 Å². The molecule has 0 spiro atoms. The van der Waals surface area contributed by atoms with Gasteiger partial charge >= 0.3 is 0 Å². The number of piperidine rings is 1.